The van der Waals surface area contributed by atoms with E-state index in [0.717, 1.165) is 28.2 Å². The van der Waals surface area contributed by atoms with Gasteiger partial charge in [0.2, 0.25) is 11.5 Å². The summed E-state index contributed by atoms with van der Waals surface area (Å²) in [6, 6.07) is 14.4. The van der Waals surface area contributed by atoms with Crippen molar-refractivity contribution in [1.29, 1.82) is 0 Å². The highest BCUT2D eigenvalue weighted by Gasteiger charge is 2.45. The van der Waals surface area contributed by atoms with Crippen molar-refractivity contribution in [2.75, 3.05) is 11.9 Å². The first-order chi connectivity index (χ1) is 15.1. The third-order valence-corrected chi connectivity index (χ3v) is 7.42. The number of para-hydroxylation sites is 1. The van der Waals surface area contributed by atoms with Crippen molar-refractivity contribution in [3.8, 4) is 0 Å². The number of likely N-dealkylation sites (N-methyl/N-ethyl adjacent to an activating group) is 1. The van der Waals surface area contributed by atoms with E-state index in [0.29, 0.717) is 11.1 Å². The molecule has 4 nitrogen and oxygen atoms in total. The second kappa shape index (κ2) is 6.55. The van der Waals surface area contributed by atoms with Gasteiger partial charge in [-0.2, -0.15) is 4.57 Å². The Labute approximate surface area is 189 Å². The number of rotatable bonds is 2. The molecule has 5 rings (SSSR count). The van der Waals surface area contributed by atoms with E-state index < -0.39 is 0 Å². The van der Waals surface area contributed by atoms with E-state index in [-0.39, 0.29) is 22.5 Å². The lowest BCUT2D eigenvalue weighted by molar-refractivity contribution is -0.744. The maximum atomic E-state index is 13.2. The summed E-state index contributed by atoms with van der Waals surface area (Å²) >= 11 is 0. The summed E-state index contributed by atoms with van der Waals surface area (Å²) in [6.07, 6.45) is 5.80. The number of anilines is 1. The lowest BCUT2D eigenvalue weighted by Crippen LogP contribution is -2.51. The third kappa shape index (κ3) is 2.56. The van der Waals surface area contributed by atoms with Crippen LogP contribution in [0.3, 0.4) is 0 Å². The smallest absolute Gasteiger partial charge is 0.209 e. The monoisotopic (exact) mass is 425 g/mol. The predicted molar refractivity (Wildman–Crippen MR) is 127 cm³/mol. The Kier molecular flexibility index (Phi) is 4.20. The highest BCUT2D eigenvalue weighted by Crippen LogP contribution is 2.48. The first kappa shape index (κ1) is 20.5. The highest BCUT2D eigenvalue weighted by atomic mass is 16.3. The number of allylic oxidation sites excluding steroid dienone is 7. The van der Waals surface area contributed by atoms with Crippen LogP contribution in [0.25, 0.3) is 5.57 Å². The lowest BCUT2D eigenvalue weighted by Gasteiger charge is -2.27. The van der Waals surface area contributed by atoms with Crippen LogP contribution in [0.4, 0.5) is 5.69 Å². The van der Waals surface area contributed by atoms with Gasteiger partial charge in [-0.25, -0.2) is 0 Å². The molecule has 1 N–H and O–H groups in total. The van der Waals surface area contributed by atoms with E-state index in [1.165, 1.54) is 5.56 Å². The zero-order valence-electron chi connectivity index (χ0n) is 19.5. The molecule has 0 unspecified atom stereocenters. The van der Waals surface area contributed by atoms with E-state index in [1.54, 1.807) is 0 Å². The molecule has 1 aromatic carbocycles. The van der Waals surface area contributed by atoms with Gasteiger partial charge in [-0.3, -0.25) is 4.79 Å². The molecule has 0 fully saturated rings. The van der Waals surface area contributed by atoms with Crippen molar-refractivity contribution in [2.24, 2.45) is 0 Å². The van der Waals surface area contributed by atoms with Gasteiger partial charge in [-0.1, -0.05) is 32.0 Å². The zero-order valence-corrected chi connectivity index (χ0v) is 19.5. The molecule has 0 atom stereocenters. The minimum Gasteiger partial charge on any atom is -0.506 e. The Balaban J connectivity index is 1.55. The lowest BCUT2D eigenvalue weighted by atomic mass is 9.79. The van der Waals surface area contributed by atoms with E-state index in [9.17, 15) is 9.90 Å². The maximum absolute atomic E-state index is 13.2. The summed E-state index contributed by atoms with van der Waals surface area (Å²) in [6.45, 7) is 10.7. The van der Waals surface area contributed by atoms with Gasteiger partial charge in [-0.05, 0) is 36.8 Å². The van der Waals surface area contributed by atoms with Gasteiger partial charge < -0.3 is 10.0 Å². The largest absolute Gasteiger partial charge is 0.506 e. The van der Waals surface area contributed by atoms with E-state index in [1.807, 2.05) is 43.5 Å². The Morgan fingerprint density at radius 2 is 1.69 bits per heavy atom. The fraction of sp³-hybridized carbons (Fsp3) is 0.286. The number of Topliss-reactive ketones (excluding diaryl/α,β-unsaturated/α-hetero) is 1. The second-order valence-corrected chi connectivity index (χ2v) is 9.93. The molecule has 1 aromatic heterocycles. The average Bonchev–Trinajstić information content (AvgIpc) is 3.09. The molecule has 3 heterocycles. The number of benzene rings is 1. The maximum Gasteiger partial charge on any atom is 0.209 e. The molecule has 0 spiro atoms. The number of aliphatic hydroxyl groups excluding tert-OH is 1. The van der Waals surface area contributed by atoms with Crippen LogP contribution >= 0.6 is 0 Å². The molecule has 0 radical (unpaired) electrons. The molecule has 0 saturated carbocycles. The van der Waals surface area contributed by atoms with Gasteiger partial charge in [-0.15, -0.1) is 0 Å². The topological polar surface area (TPSA) is 44.4 Å². The molecular formula is C28H29N2O2+. The van der Waals surface area contributed by atoms with E-state index >= 15 is 0 Å². The molecule has 0 saturated heterocycles. The number of ketones is 1. The number of nitrogens with zero attached hydrogens (tertiary/aromatic N) is 2. The Bertz CT molecular complexity index is 1320. The number of fused-ring (bicyclic) bond motifs is 2. The van der Waals surface area contributed by atoms with Crippen LogP contribution < -0.4 is 9.47 Å². The molecule has 2 aromatic rings. The summed E-state index contributed by atoms with van der Waals surface area (Å²) in [5.41, 5.74) is 6.91. The Hall–Kier alpha value is -3.40. The van der Waals surface area contributed by atoms with Crippen LogP contribution in [0.15, 0.2) is 89.0 Å². The summed E-state index contributed by atoms with van der Waals surface area (Å²) in [5, 5.41) is 10.9. The van der Waals surface area contributed by atoms with Crippen LogP contribution in [-0.4, -0.2) is 17.9 Å². The number of hydrogen-bond acceptors (Lipinski definition) is 3. The standard InChI is InChI=1S/C28H28N2O2/c1-17-21(28(4,5)30-14-10-9-12-22(17)30)15-18-25(31)19(26(18)32)16-24-27(2,3)20-11-7-8-13-23(20)29(24)6/h7-16H,1-6H3/p+1. The number of carbonyl (C=O) groups excluding carboxylic acids is 1. The summed E-state index contributed by atoms with van der Waals surface area (Å²) in [5.74, 6) is -0.0214. The van der Waals surface area contributed by atoms with Crippen LogP contribution in [0.2, 0.25) is 0 Å². The highest BCUT2D eigenvalue weighted by molar-refractivity contribution is 6.21. The average molecular weight is 426 g/mol. The fourth-order valence-corrected chi connectivity index (χ4v) is 5.50. The second-order valence-electron chi connectivity index (χ2n) is 9.93. The van der Waals surface area contributed by atoms with Gasteiger partial charge in [0, 0.05) is 61.0 Å². The number of aromatic nitrogens is 1. The number of hydrogen-bond donors (Lipinski definition) is 1. The van der Waals surface area contributed by atoms with Crippen molar-refractivity contribution >= 4 is 17.0 Å². The summed E-state index contributed by atoms with van der Waals surface area (Å²) < 4.78 is 2.22. The van der Waals surface area contributed by atoms with Crippen LogP contribution in [-0.2, 0) is 15.7 Å². The molecule has 1 aliphatic carbocycles. The first-order valence-electron chi connectivity index (χ1n) is 11.0. The van der Waals surface area contributed by atoms with Crippen molar-refractivity contribution in [1.82, 2.24) is 0 Å². The van der Waals surface area contributed by atoms with Gasteiger partial charge in [0.05, 0.1) is 11.1 Å². The fourth-order valence-electron chi connectivity index (χ4n) is 5.50. The van der Waals surface area contributed by atoms with E-state index in [2.05, 4.69) is 68.5 Å². The summed E-state index contributed by atoms with van der Waals surface area (Å²) in [4.78, 5) is 15.3. The minimum atomic E-state index is -0.294. The quantitative estimate of drug-likeness (QED) is 0.536. The van der Waals surface area contributed by atoms with Gasteiger partial charge in [0.25, 0.3) is 0 Å². The molecule has 3 aliphatic rings. The minimum absolute atomic E-state index is 0.0831. The number of aliphatic hydroxyl groups is 1. The van der Waals surface area contributed by atoms with Gasteiger partial charge in [0.15, 0.2) is 11.7 Å². The van der Waals surface area contributed by atoms with Crippen molar-refractivity contribution < 1.29 is 14.5 Å². The summed E-state index contributed by atoms with van der Waals surface area (Å²) in [7, 11) is 2.01. The molecular weight excluding hydrogens is 396 g/mol. The van der Waals surface area contributed by atoms with Crippen LogP contribution in [0, 0.1) is 0 Å². The SMILES string of the molecule is CC1=C(/C=C2\C(=O)C(/C=C3\N(C)c4ccccc4C3(C)C)=C2O)C(C)(C)[n+]2ccccc21. The third-order valence-electron chi connectivity index (χ3n) is 7.42. The van der Waals surface area contributed by atoms with Gasteiger partial charge in [0.1, 0.15) is 5.76 Å². The van der Waals surface area contributed by atoms with E-state index in [4.69, 9.17) is 0 Å². The van der Waals surface area contributed by atoms with Gasteiger partial charge >= 0.3 is 0 Å². The van der Waals surface area contributed by atoms with Crippen LogP contribution in [0.5, 0.6) is 0 Å². The van der Waals surface area contributed by atoms with Crippen LogP contribution in [0.1, 0.15) is 45.9 Å². The molecule has 0 amide bonds. The normalized spacial score (nSPS) is 23.2. The Morgan fingerprint density at radius 3 is 2.34 bits per heavy atom. The van der Waals surface area contributed by atoms with Crippen molar-refractivity contribution in [3.63, 3.8) is 0 Å². The zero-order chi connectivity index (χ0) is 23.0. The molecule has 162 valence electrons. The number of carbonyl (C=O) groups is 1. The molecule has 32 heavy (non-hydrogen) atoms. The molecule has 2 aliphatic heterocycles. The Morgan fingerprint density at radius 1 is 1.00 bits per heavy atom. The van der Waals surface area contributed by atoms with Crippen molar-refractivity contribution in [3.05, 3.63) is 100 Å². The number of pyridine rings is 1. The van der Waals surface area contributed by atoms with Crippen molar-refractivity contribution in [2.45, 2.75) is 45.6 Å². The molecule has 0 bridgehead atoms. The first-order valence-corrected chi connectivity index (χ1v) is 11.0. The predicted octanol–water partition coefficient (Wildman–Crippen LogP) is 5.13. The molecule has 4 heteroatoms.